The van der Waals surface area contributed by atoms with Gasteiger partial charge < -0.3 is 9.47 Å². The first kappa shape index (κ1) is 14.4. The Balaban J connectivity index is 2.57. The molecule has 7 nitrogen and oxygen atoms in total. The van der Waals surface area contributed by atoms with Crippen LogP contribution in [0.1, 0.15) is 6.92 Å². The molecule has 0 spiro atoms. The number of nitro groups is 1. The number of hydrogen-bond acceptors (Lipinski definition) is 6. The van der Waals surface area contributed by atoms with Crippen LogP contribution in [0, 0.1) is 10.1 Å². The highest BCUT2D eigenvalue weighted by molar-refractivity contribution is 5.92. The van der Waals surface area contributed by atoms with E-state index in [4.69, 9.17) is 4.74 Å². The summed E-state index contributed by atoms with van der Waals surface area (Å²) in [6.45, 7) is 1.85. The van der Waals surface area contributed by atoms with Crippen molar-refractivity contribution < 1.29 is 24.0 Å². The number of nitrogens with zero attached hydrogens (tertiary/aromatic N) is 1. The van der Waals surface area contributed by atoms with Crippen LogP contribution in [0.5, 0.6) is 5.75 Å². The van der Waals surface area contributed by atoms with E-state index < -0.39 is 16.9 Å². The maximum Gasteiger partial charge on any atom is 0.336 e. The zero-order valence-electron chi connectivity index (χ0n) is 10.1. The molecule has 0 heterocycles. The van der Waals surface area contributed by atoms with E-state index in [1.807, 2.05) is 0 Å². The van der Waals surface area contributed by atoms with Crippen LogP contribution in [0.25, 0.3) is 0 Å². The molecule has 1 aromatic rings. The Bertz CT molecular complexity index is 505. The number of nitro benzene ring substituents is 1. The summed E-state index contributed by atoms with van der Waals surface area (Å²) in [6, 6.07) is 4.98. The lowest BCUT2D eigenvalue weighted by atomic mass is 10.3. The van der Waals surface area contributed by atoms with Gasteiger partial charge in [-0.15, -0.1) is 0 Å². The van der Waals surface area contributed by atoms with E-state index in [0.717, 1.165) is 12.2 Å². The molecular weight excluding hydrogens is 254 g/mol. The minimum atomic E-state index is -0.776. The lowest BCUT2D eigenvalue weighted by molar-refractivity contribution is -0.384. The Morgan fingerprint density at radius 3 is 2.32 bits per heavy atom. The van der Waals surface area contributed by atoms with Crippen LogP contribution in [-0.2, 0) is 14.3 Å². The summed E-state index contributed by atoms with van der Waals surface area (Å²) in [5.74, 6) is -1.28. The fraction of sp³-hybridized carbons (Fsp3) is 0.167. The first-order valence-electron chi connectivity index (χ1n) is 5.34. The zero-order chi connectivity index (χ0) is 14.3. The number of hydrogen-bond donors (Lipinski definition) is 0. The zero-order valence-corrected chi connectivity index (χ0v) is 10.1. The van der Waals surface area contributed by atoms with Crippen LogP contribution >= 0.6 is 0 Å². The molecule has 1 aromatic carbocycles. The monoisotopic (exact) mass is 265 g/mol. The molecule has 7 heteroatoms. The Labute approximate surface area is 108 Å². The number of benzene rings is 1. The predicted molar refractivity (Wildman–Crippen MR) is 64.5 cm³/mol. The number of carbonyl (C=O) groups excluding carboxylic acids is 2. The van der Waals surface area contributed by atoms with Crippen molar-refractivity contribution in [2.75, 3.05) is 6.61 Å². The molecule has 0 saturated carbocycles. The molecule has 100 valence electrons. The van der Waals surface area contributed by atoms with E-state index in [9.17, 15) is 19.7 Å². The Hall–Kier alpha value is -2.70. The molecular formula is C12H11NO6. The van der Waals surface area contributed by atoms with Gasteiger partial charge in [-0.25, -0.2) is 9.59 Å². The minimum Gasteiger partial charge on any atom is -0.463 e. The molecule has 0 saturated heterocycles. The van der Waals surface area contributed by atoms with Gasteiger partial charge in [-0.1, -0.05) is 0 Å². The van der Waals surface area contributed by atoms with Gasteiger partial charge in [-0.2, -0.15) is 0 Å². The van der Waals surface area contributed by atoms with Crippen molar-refractivity contribution >= 4 is 17.6 Å². The van der Waals surface area contributed by atoms with Crippen molar-refractivity contribution in [3.05, 3.63) is 46.5 Å². The lowest BCUT2D eigenvalue weighted by Gasteiger charge is -2.00. The van der Waals surface area contributed by atoms with Gasteiger partial charge in [0.15, 0.2) is 0 Å². The van der Waals surface area contributed by atoms with Gasteiger partial charge in [0.1, 0.15) is 5.75 Å². The van der Waals surface area contributed by atoms with E-state index in [0.29, 0.717) is 0 Å². The minimum absolute atomic E-state index is 0.109. The largest absolute Gasteiger partial charge is 0.463 e. The first-order valence-corrected chi connectivity index (χ1v) is 5.34. The first-order chi connectivity index (χ1) is 9.02. The Kier molecular flexibility index (Phi) is 5.21. The maximum atomic E-state index is 11.3. The maximum absolute atomic E-state index is 11.3. The van der Waals surface area contributed by atoms with Gasteiger partial charge in [0.05, 0.1) is 11.5 Å². The smallest absolute Gasteiger partial charge is 0.336 e. The molecule has 0 bridgehead atoms. The molecule has 0 aliphatic carbocycles. The van der Waals surface area contributed by atoms with Crippen LogP contribution in [0.3, 0.4) is 0 Å². The van der Waals surface area contributed by atoms with Crippen molar-refractivity contribution in [2.24, 2.45) is 0 Å². The van der Waals surface area contributed by atoms with Crippen LogP contribution in [0.15, 0.2) is 36.4 Å². The third-order valence-corrected chi connectivity index (χ3v) is 1.91. The number of carbonyl (C=O) groups is 2. The SMILES string of the molecule is CCOC(=O)/C=C/C(=O)Oc1ccc([N+](=O)[O-])cc1. The Morgan fingerprint density at radius 2 is 1.79 bits per heavy atom. The van der Waals surface area contributed by atoms with Crippen molar-refractivity contribution in [3.63, 3.8) is 0 Å². The molecule has 0 fully saturated rings. The molecule has 0 radical (unpaired) electrons. The summed E-state index contributed by atoms with van der Waals surface area (Å²) < 4.78 is 9.40. The molecule has 0 amide bonds. The average Bonchev–Trinajstić information content (AvgIpc) is 2.37. The van der Waals surface area contributed by atoms with E-state index in [-0.39, 0.29) is 18.0 Å². The highest BCUT2D eigenvalue weighted by Crippen LogP contribution is 2.17. The van der Waals surface area contributed by atoms with Gasteiger partial charge in [0.25, 0.3) is 5.69 Å². The van der Waals surface area contributed by atoms with Gasteiger partial charge >= 0.3 is 11.9 Å². The van der Waals surface area contributed by atoms with Crippen LogP contribution in [0.4, 0.5) is 5.69 Å². The molecule has 0 aromatic heterocycles. The molecule has 0 aliphatic rings. The average molecular weight is 265 g/mol. The van der Waals surface area contributed by atoms with Crippen molar-refractivity contribution in [1.82, 2.24) is 0 Å². The lowest BCUT2D eigenvalue weighted by Crippen LogP contribution is -2.06. The number of non-ortho nitro benzene ring substituents is 1. The van der Waals surface area contributed by atoms with Gasteiger partial charge in [0, 0.05) is 24.3 Å². The summed E-state index contributed by atoms with van der Waals surface area (Å²) in [7, 11) is 0. The van der Waals surface area contributed by atoms with Gasteiger partial charge in [-0.3, -0.25) is 10.1 Å². The fourth-order valence-corrected chi connectivity index (χ4v) is 1.11. The second-order valence-electron chi connectivity index (χ2n) is 3.26. The standard InChI is InChI=1S/C12H11NO6/c1-2-18-11(14)7-8-12(15)19-10-5-3-9(4-6-10)13(16)17/h3-8H,2H2,1H3/b8-7+. The van der Waals surface area contributed by atoms with E-state index in [1.165, 1.54) is 24.3 Å². The molecule has 0 atom stereocenters. The van der Waals surface area contributed by atoms with Crippen molar-refractivity contribution in [1.29, 1.82) is 0 Å². The summed E-state index contributed by atoms with van der Waals surface area (Å²) >= 11 is 0. The quantitative estimate of drug-likeness (QED) is 0.264. The van der Waals surface area contributed by atoms with E-state index in [1.54, 1.807) is 6.92 Å². The summed E-state index contributed by atoms with van der Waals surface area (Å²) in [5.41, 5.74) is -0.109. The number of esters is 2. The van der Waals surface area contributed by atoms with Crippen LogP contribution in [-0.4, -0.2) is 23.5 Å². The molecule has 19 heavy (non-hydrogen) atoms. The second-order valence-corrected chi connectivity index (χ2v) is 3.26. The molecule has 0 aliphatic heterocycles. The normalized spacial score (nSPS) is 10.2. The Morgan fingerprint density at radius 1 is 1.21 bits per heavy atom. The molecule has 1 rings (SSSR count). The van der Waals surface area contributed by atoms with E-state index >= 15 is 0 Å². The summed E-state index contributed by atoms with van der Waals surface area (Å²) in [4.78, 5) is 32.1. The number of rotatable bonds is 5. The third kappa shape index (κ3) is 4.99. The summed E-state index contributed by atoms with van der Waals surface area (Å²) in [6.07, 6.45) is 1.86. The number of ether oxygens (including phenoxy) is 2. The van der Waals surface area contributed by atoms with Gasteiger partial charge in [0.2, 0.25) is 0 Å². The van der Waals surface area contributed by atoms with Crippen molar-refractivity contribution in [2.45, 2.75) is 6.92 Å². The molecule has 0 unspecified atom stereocenters. The van der Waals surface area contributed by atoms with Crippen LogP contribution in [0.2, 0.25) is 0 Å². The second kappa shape index (κ2) is 6.90. The molecule has 0 N–H and O–H groups in total. The van der Waals surface area contributed by atoms with Gasteiger partial charge in [-0.05, 0) is 19.1 Å². The van der Waals surface area contributed by atoms with Crippen LogP contribution < -0.4 is 4.74 Å². The van der Waals surface area contributed by atoms with Crippen molar-refractivity contribution in [3.8, 4) is 5.75 Å². The topological polar surface area (TPSA) is 95.7 Å². The summed E-state index contributed by atoms with van der Waals surface area (Å²) in [5, 5.41) is 10.4. The highest BCUT2D eigenvalue weighted by Gasteiger charge is 2.06. The third-order valence-electron chi connectivity index (χ3n) is 1.91. The highest BCUT2D eigenvalue weighted by atomic mass is 16.6. The fourth-order valence-electron chi connectivity index (χ4n) is 1.11. The van der Waals surface area contributed by atoms with E-state index in [2.05, 4.69) is 4.74 Å². The predicted octanol–water partition coefficient (Wildman–Crippen LogP) is 1.62.